The first-order chi connectivity index (χ1) is 12.6. The molecule has 8 nitrogen and oxygen atoms in total. The van der Waals surface area contributed by atoms with Crippen molar-refractivity contribution in [2.24, 2.45) is 0 Å². The number of rotatable bonds is 4. The van der Waals surface area contributed by atoms with Crippen LogP contribution in [0.4, 0.5) is 5.13 Å². The van der Waals surface area contributed by atoms with E-state index in [1.165, 1.54) is 38.1 Å². The van der Waals surface area contributed by atoms with Crippen LogP contribution in [-0.4, -0.2) is 30.5 Å². The van der Waals surface area contributed by atoms with E-state index in [4.69, 9.17) is 0 Å². The van der Waals surface area contributed by atoms with Gasteiger partial charge in [0.2, 0.25) is 0 Å². The molecule has 1 aliphatic rings. The van der Waals surface area contributed by atoms with Crippen molar-refractivity contribution >= 4 is 22.4 Å². The summed E-state index contributed by atoms with van der Waals surface area (Å²) < 4.78 is 2.70. The van der Waals surface area contributed by atoms with Crippen molar-refractivity contribution in [2.75, 3.05) is 5.32 Å². The fourth-order valence-corrected chi connectivity index (χ4v) is 4.00. The largest absolute Gasteiger partial charge is 0.300 e. The van der Waals surface area contributed by atoms with E-state index in [-0.39, 0.29) is 11.5 Å². The molecule has 0 fully saturated rings. The third-order valence-electron chi connectivity index (χ3n) is 4.37. The van der Waals surface area contributed by atoms with Crippen LogP contribution in [-0.2, 0) is 17.6 Å². The summed E-state index contributed by atoms with van der Waals surface area (Å²) in [6.45, 7) is 1.64. The Balaban J connectivity index is 1.56. The van der Waals surface area contributed by atoms with Crippen LogP contribution in [0.3, 0.4) is 0 Å². The lowest BCUT2D eigenvalue weighted by atomic mass is 10.0. The van der Waals surface area contributed by atoms with E-state index in [9.17, 15) is 9.59 Å². The molecular weight excluding hydrogens is 352 g/mol. The van der Waals surface area contributed by atoms with E-state index >= 15 is 0 Å². The summed E-state index contributed by atoms with van der Waals surface area (Å²) in [4.78, 5) is 30.5. The Morgan fingerprint density at radius 2 is 2.15 bits per heavy atom. The van der Waals surface area contributed by atoms with Gasteiger partial charge < -0.3 is 5.32 Å². The van der Waals surface area contributed by atoms with Gasteiger partial charge in [0.15, 0.2) is 10.9 Å². The van der Waals surface area contributed by atoms with Crippen LogP contribution >= 0.6 is 11.3 Å². The quantitative estimate of drug-likeness (QED) is 0.758. The van der Waals surface area contributed by atoms with Crippen LogP contribution in [0.1, 0.15) is 36.4 Å². The highest BCUT2D eigenvalue weighted by Crippen LogP contribution is 2.29. The van der Waals surface area contributed by atoms with Crippen LogP contribution in [0.2, 0.25) is 0 Å². The number of amides is 1. The standard InChI is InChI=1S/C17H18N6O2S/c1-11(16(25)20-17-19-12-5-2-3-6-13(12)26-17)23-15(24)8-7-14(21-23)22-10-4-9-18-22/h4,7-11H,2-3,5-6H2,1H3,(H,19,20,25). The number of thiazole rings is 1. The minimum absolute atomic E-state index is 0.316. The molecule has 0 aromatic carbocycles. The molecule has 0 radical (unpaired) electrons. The van der Waals surface area contributed by atoms with E-state index < -0.39 is 6.04 Å². The van der Waals surface area contributed by atoms with Crippen molar-refractivity contribution in [1.82, 2.24) is 24.5 Å². The summed E-state index contributed by atoms with van der Waals surface area (Å²) >= 11 is 1.52. The zero-order valence-electron chi connectivity index (χ0n) is 14.3. The molecule has 134 valence electrons. The number of fused-ring (bicyclic) bond motifs is 1. The number of carbonyl (C=O) groups is 1. The Kier molecular flexibility index (Phi) is 4.37. The molecule has 1 N–H and O–H groups in total. The molecule has 1 amide bonds. The molecule has 0 aliphatic heterocycles. The molecule has 3 heterocycles. The van der Waals surface area contributed by atoms with Crippen molar-refractivity contribution < 1.29 is 4.79 Å². The zero-order chi connectivity index (χ0) is 18.1. The van der Waals surface area contributed by atoms with Gasteiger partial charge in [0, 0.05) is 23.3 Å². The third kappa shape index (κ3) is 3.17. The number of aromatic nitrogens is 5. The monoisotopic (exact) mass is 370 g/mol. The second-order valence-corrected chi connectivity index (χ2v) is 7.27. The molecule has 3 aromatic rings. The van der Waals surface area contributed by atoms with Crippen molar-refractivity contribution in [3.05, 3.63) is 51.5 Å². The van der Waals surface area contributed by atoms with Gasteiger partial charge in [-0.15, -0.1) is 16.4 Å². The SMILES string of the molecule is CC(C(=O)Nc1nc2c(s1)CCCC2)n1nc(-n2cccn2)ccc1=O. The van der Waals surface area contributed by atoms with E-state index in [0.717, 1.165) is 25.0 Å². The lowest BCUT2D eigenvalue weighted by molar-refractivity contribution is -0.119. The average Bonchev–Trinajstić information content (AvgIpc) is 3.30. The maximum absolute atomic E-state index is 12.6. The lowest BCUT2D eigenvalue weighted by Crippen LogP contribution is -2.33. The van der Waals surface area contributed by atoms with E-state index in [1.807, 2.05) is 0 Å². The number of hydrogen-bond donors (Lipinski definition) is 1. The molecular formula is C17H18N6O2S. The minimum atomic E-state index is -0.765. The van der Waals surface area contributed by atoms with E-state index in [1.54, 1.807) is 31.5 Å². The molecule has 0 spiro atoms. The molecule has 0 saturated heterocycles. The summed E-state index contributed by atoms with van der Waals surface area (Å²) in [6.07, 6.45) is 7.63. The van der Waals surface area contributed by atoms with Gasteiger partial charge in [-0.25, -0.2) is 14.3 Å². The number of carbonyl (C=O) groups excluding carboxylic acids is 1. The summed E-state index contributed by atoms with van der Waals surface area (Å²) in [5.41, 5.74) is 0.738. The molecule has 1 atom stereocenters. The van der Waals surface area contributed by atoms with Gasteiger partial charge in [-0.1, -0.05) is 0 Å². The predicted molar refractivity (Wildman–Crippen MR) is 97.7 cm³/mol. The van der Waals surface area contributed by atoms with Crippen molar-refractivity contribution in [3.8, 4) is 5.82 Å². The van der Waals surface area contributed by atoms with Crippen LogP contribution in [0.25, 0.3) is 5.82 Å². The van der Waals surface area contributed by atoms with Gasteiger partial charge in [-0.2, -0.15) is 5.10 Å². The Morgan fingerprint density at radius 3 is 2.92 bits per heavy atom. The maximum Gasteiger partial charge on any atom is 0.267 e. The smallest absolute Gasteiger partial charge is 0.267 e. The van der Waals surface area contributed by atoms with Crippen molar-refractivity contribution in [2.45, 2.75) is 38.6 Å². The summed E-state index contributed by atoms with van der Waals surface area (Å²) in [7, 11) is 0. The van der Waals surface area contributed by atoms with Gasteiger partial charge in [0.1, 0.15) is 6.04 Å². The van der Waals surface area contributed by atoms with Crippen LogP contribution in [0.15, 0.2) is 35.4 Å². The normalized spacial score (nSPS) is 14.7. The Hall–Kier alpha value is -2.81. The first-order valence-corrected chi connectivity index (χ1v) is 9.33. The number of nitrogens with zero attached hydrogens (tertiary/aromatic N) is 5. The molecule has 0 saturated carbocycles. The summed E-state index contributed by atoms with van der Waals surface area (Å²) in [5.74, 6) is 0.155. The van der Waals surface area contributed by atoms with Crippen molar-refractivity contribution in [1.29, 1.82) is 0 Å². The van der Waals surface area contributed by atoms with Gasteiger partial charge >= 0.3 is 0 Å². The lowest BCUT2D eigenvalue weighted by Gasteiger charge is -2.13. The van der Waals surface area contributed by atoms with E-state index in [0.29, 0.717) is 10.9 Å². The fraction of sp³-hybridized carbons (Fsp3) is 0.353. The molecule has 1 aliphatic carbocycles. The zero-order valence-corrected chi connectivity index (χ0v) is 15.1. The second kappa shape index (κ2) is 6.83. The summed E-state index contributed by atoms with van der Waals surface area (Å²) in [5, 5.41) is 11.8. The maximum atomic E-state index is 12.6. The average molecular weight is 370 g/mol. The summed E-state index contributed by atoms with van der Waals surface area (Å²) in [6, 6.07) is 3.96. The third-order valence-corrected chi connectivity index (χ3v) is 5.45. The minimum Gasteiger partial charge on any atom is -0.300 e. The van der Waals surface area contributed by atoms with Gasteiger partial charge in [0.25, 0.3) is 11.5 Å². The molecule has 26 heavy (non-hydrogen) atoms. The molecule has 4 rings (SSSR count). The highest BCUT2D eigenvalue weighted by atomic mass is 32.1. The number of nitrogens with one attached hydrogen (secondary N) is 1. The molecule has 1 unspecified atom stereocenters. The molecule has 3 aromatic heterocycles. The van der Waals surface area contributed by atoms with E-state index in [2.05, 4.69) is 20.5 Å². The number of hydrogen-bond acceptors (Lipinski definition) is 6. The van der Waals surface area contributed by atoms with Gasteiger partial charge in [-0.3, -0.25) is 9.59 Å². The fourth-order valence-electron chi connectivity index (χ4n) is 2.95. The van der Waals surface area contributed by atoms with Gasteiger partial charge in [-0.05, 0) is 44.7 Å². The molecule has 9 heteroatoms. The van der Waals surface area contributed by atoms with Crippen LogP contribution < -0.4 is 10.9 Å². The molecule has 0 bridgehead atoms. The highest BCUT2D eigenvalue weighted by molar-refractivity contribution is 7.15. The predicted octanol–water partition coefficient (Wildman–Crippen LogP) is 1.96. The Labute approximate surface area is 153 Å². The van der Waals surface area contributed by atoms with Crippen LogP contribution in [0, 0.1) is 0 Å². The van der Waals surface area contributed by atoms with Crippen molar-refractivity contribution in [3.63, 3.8) is 0 Å². The first kappa shape index (κ1) is 16.6. The Bertz CT molecular complexity index is 968. The topological polar surface area (TPSA) is 94.7 Å². The van der Waals surface area contributed by atoms with Crippen LogP contribution in [0.5, 0.6) is 0 Å². The second-order valence-electron chi connectivity index (χ2n) is 6.19. The first-order valence-electron chi connectivity index (χ1n) is 8.51. The number of aryl methyl sites for hydroxylation is 2. The number of anilines is 1. The Morgan fingerprint density at radius 1 is 1.31 bits per heavy atom. The van der Waals surface area contributed by atoms with Gasteiger partial charge in [0.05, 0.1) is 5.69 Å². The highest BCUT2D eigenvalue weighted by Gasteiger charge is 2.21.